The molecule has 0 saturated carbocycles. The number of benzene rings is 2. The maximum atomic E-state index is 11.5. The van der Waals surface area contributed by atoms with E-state index in [-0.39, 0.29) is 12.0 Å². The summed E-state index contributed by atoms with van der Waals surface area (Å²) in [5, 5.41) is 9.42. The summed E-state index contributed by atoms with van der Waals surface area (Å²) in [6.45, 7) is 6.96. The van der Waals surface area contributed by atoms with E-state index in [9.17, 15) is 9.90 Å². The predicted molar refractivity (Wildman–Crippen MR) is 102 cm³/mol. The van der Waals surface area contributed by atoms with Crippen molar-refractivity contribution in [2.24, 2.45) is 0 Å². The van der Waals surface area contributed by atoms with Crippen LogP contribution in [0.3, 0.4) is 0 Å². The third-order valence-electron chi connectivity index (χ3n) is 4.89. The first-order valence-electron chi connectivity index (χ1n) is 9.13. The summed E-state index contributed by atoms with van der Waals surface area (Å²) < 4.78 is 17.9. The highest BCUT2D eigenvalue weighted by Gasteiger charge is 2.38. The number of carbonyl (C=O) groups is 1. The Balaban J connectivity index is 1.78. The van der Waals surface area contributed by atoms with Gasteiger partial charge in [0.15, 0.2) is 5.79 Å². The molecule has 1 aliphatic rings. The normalized spacial score (nSPS) is 21.7. The Morgan fingerprint density at radius 2 is 1.93 bits per heavy atom. The van der Waals surface area contributed by atoms with E-state index in [1.54, 1.807) is 12.1 Å². The molecule has 0 aliphatic carbocycles. The second-order valence-electron chi connectivity index (χ2n) is 7.30. The lowest BCUT2D eigenvalue weighted by Gasteiger charge is -2.41. The van der Waals surface area contributed by atoms with Crippen LogP contribution in [-0.2, 0) is 20.8 Å². The van der Waals surface area contributed by atoms with Crippen molar-refractivity contribution in [2.75, 3.05) is 13.2 Å². The summed E-state index contributed by atoms with van der Waals surface area (Å²) in [4.78, 5) is 11.5. The molecule has 27 heavy (non-hydrogen) atoms. The van der Waals surface area contributed by atoms with Gasteiger partial charge in [0.05, 0.1) is 31.5 Å². The van der Waals surface area contributed by atoms with E-state index in [1.807, 2.05) is 57.2 Å². The van der Waals surface area contributed by atoms with E-state index < -0.39 is 11.8 Å². The maximum absolute atomic E-state index is 11.5. The lowest BCUT2D eigenvalue weighted by molar-refractivity contribution is -0.288. The van der Waals surface area contributed by atoms with Gasteiger partial charge in [-0.05, 0) is 43.5 Å². The molecule has 1 fully saturated rings. The van der Waals surface area contributed by atoms with Crippen molar-refractivity contribution in [3.63, 3.8) is 0 Å². The minimum absolute atomic E-state index is 0.0897. The van der Waals surface area contributed by atoms with Gasteiger partial charge in [0.25, 0.3) is 0 Å². The molecule has 1 N–H and O–H groups in total. The number of hydrogen-bond acceptors (Lipinski definition) is 4. The molecule has 1 heterocycles. The van der Waals surface area contributed by atoms with Crippen LogP contribution in [0.5, 0.6) is 0 Å². The number of carboxylic acids is 1. The highest BCUT2D eigenvalue weighted by molar-refractivity contribution is 5.89. The average molecular weight is 370 g/mol. The molecule has 2 unspecified atom stereocenters. The van der Waals surface area contributed by atoms with Crippen molar-refractivity contribution in [3.8, 4) is 0 Å². The van der Waals surface area contributed by atoms with Crippen molar-refractivity contribution in [3.05, 3.63) is 70.8 Å². The molecule has 0 radical (unpaired) electrons. The minimum atomic E-state index is -0.927. The van der Waals surface area contributed by atoms with Crippen LogP contribution >= 0.6 is 0 Å². The van der Waals surface area contributed by atoms with Crippen LogP contribution in [0.1, 0.15) is 46.8 Å². The van der Waals surface area contributed by atoms with Gasteiger partial charge >= 0.3 is 5.97 Å². The summed E-state index contributed by atoms with van der Waals surface area (Å²) >= 11 is 0. The molecule has 144 valence electrons. The standard InChI is InChI=1S/C22H26O5/c1-15-17(10-7-11-18(15)21(23)24)19-13-26-22(2,3)27-20(19)14-25-12-16-8-5-4-6-9-16/h4-11,19-20H,12-14H2,1-3H3,(H,23,24). The quantitative estimate of drug-likeness (QED) is 0.828. The number of ether oxygens (including phenoxy) is 3. The fourth-order valence-electron chi connectivity index (χ4n) is 3.47. The third kappa shape index (κ3) is 4.75. The third-order valence-corrected chi connectivity index (χ3v) is 4.89. The van der Waals surface area contributed by atoms with Crippen molar-refractivity contribution in [2.45, 2.75) is 45.2 Å². The van der Waals surface area contributed by atoms with Gasteiger partial charge in [-0.2, -0.15) is 0 Å². The van der Waals surface area contributed by atoms with Gasteiger partial charge in [-0.3, -0.25) is 0 Å². The fourth-order valence-corrected chi connectivity index (χ4v) is 3.47. The fraction of sp³-hybridized carbons (Fsp3) is 0.409. The second kappa shape index (κ2) is 8.21. The molecule has 1 saturated heterocycles. The molecule has 2 aromatic carbocycles. The molecular weight excluding hydrogens is 344 g/mol. The molecule has 0 bridgehead atoms. The van der Waals surface area contributed by atoms with E-state index in [4.69, 9.17) is 14.2 Å². The Morgan fingerprint density at radius 3 is 2.63 bits per heavy atom. The van der Waals surface area contributed by atoms with E-state index in [0.29, 0.717) is 25.4 Å². The average Bonchev–Trinajstić information content (AvgIpc) is 2.63. The molecule has 3 rings (SSSR count). The van der Waals surface area contributed by atoms with Gasteiger partial charge in [-0.1, -0.05) is 42.5 Å². The molecule has 2 aromatic rings. The first-order valence-corrected chi connectivity index (χ1v) is 9.13. The highest BCUT2D eigenvalue weighted by atomic mass is 16.7. The summed E-state index contributed by atoms with van der Waals surface area (Å²) in [6.07, 6.45) is -0.222. The van der Waals surface area contributed by atoms with Crippen molar-refractivity contribution >= 4 is 5.97 Å². The topological polar surface area (TPSA) is 65.0 Å². The van der Waals surface area contributed by atoms with Gasteiger partial charge in [0.2, 0.25) is 0 Å². The second-order valence-corrected chi connectivity index (χ2v) is 7.30. The van der Waals surface area contributed by atoms with Gasteiger partial charge in [-0.15, -0.1) is 0 Å². The Labute approximate surface area is 159 Å². The first-order chi connectivity index (χ1) is 12.9. The van der Waals surface area contributed by atoms with Crippen LogP contribution in [0.25, 0.3) is 0 Å². The molecule has 0 spiro atoms. The lowest BCUT2D eigenvalue weighted by Crippen LogP contribution is -2.46. The van der Waals surface area contributed by atoms with Crippen LogP contribution in [-0.4, -0.2) is 36.2 Å². The zero-order chi connectivity index (χ0) is 19.4. The van der Waals surface area contributed by atoms with Crippen LogP contribution in [0.2, 0.25) is 0 Å². The molecule has 0 amide bonds. The number of aromatic carboxylic acids is 1. The van der Waals surface area contributed by atoms with E-state index >= 15 is 0 Å². The van der Waals surface area contributed by atoms with E-state index in [1.165, 1.54) is 0 Å². The van der Waals surface area contributed by atoms with Gasteiger partial charge < -0.3 is 19.3 Å². The SMILES string of the molecule is Cc1c(C(=O)O)cccc1C1COC(C)(C)OC1COCc1ccccc1. The van der Waals surface area contributed by atoms with Crippen molar-refractivity contribution < 1.29 is 24.1 Å². The number of hydrogen-bond donors (Lipinski definition) is 1. The highest BCUT2D eigenvalue weighted by Crippen LogP contribution is 2.35. The van der Waals surface area contributed by atoms with Crippen LogP contribution < -0.4 is 0 Å². The Morgan fingerprint density at radius 1 is 1.19 bits per heavy atom. The zero-order valence-electron chi connectivity index (χ0n) is 16.0. The summed E-state index contributed by atoms with van der Waals surface area (Å²) in [6, 6.07) is 15.3. The monoisotopic (exact) mass is 370 g/mol. The van der Waals surface area contributed by atoms with E-state index in [0.717, 1.165) is 16.7 Å². The van der Waals surface area contributed by atoms with Crippen LogP contribution in [0.15, 0.2) is 48.5 Å². The molecule has 5 nitrogen and oxygen atoms in total. The van der Waals surface area contributed by atoms with Crippen molar-refractivity contribution in [1.82, 2.24) is 0 Å². The summed E-state index contributed by atoms with van der Waals surface area (Å²) in [7, 11) is 0. The largest absolute Gasteiger partial charge is 0.478 e. The van der Waals surface area contributed by atoms with Gasteiger partial charge in [-0.25, -0.2) is 4.79 Å². The zero-order valence-corrected chi connectivity index (χ0v) is 16.0. The molecule has 5 heteroatoms. The Kier molecular flexibility index (Phi) is 5.95. The van der Waals surface area contributed by atoms with Crippen molar-refractivity contribution in [1.29, 1.82) is 0 Å². The Bertz CT molecular complexity index is 785. The summed E-state index contributed by atoms with van der Waals surface area (Å²) in [5.74, 6) is -1.72. The summed E-state index contributed by atoms with van der Waals surface area (Å²) in [5.41, 5.74) is 3.08. The lowest BCUT2D eigenvalue weighted by atomic mass is 9.87. The smallest absolute Gasteiger partial charge is 0.335 e. The first kappa shape index (κ1) is 19.5. The van der Waals surface area contributed by atoms with Gasteiger partial charge in [0, 0.05) is 5.92 Å². The number of rotatable bonds is 6. The molecule has 1 aliphatic heterocycles. The molecule has 2 atom stereocenters. The Hall–Kier alpha value is -2.21. The number of carboxylic acid groups (broad SMARTS) is 1. The van der Waals surface area contributed by atoms with E-state index in [2.05, 4.69) is 0 Å². The maximum Gasteiger partial charge on any atom is 0.335 e. The molecular formula is C22H26O5. The van der Waals surface area contributed by atoms with Crippen LogP contribution in [0.4, 0.5) is 0 Å². The minimum Gasteiger partial charge on any atom is -0.478 e. The predicted octanol–water partition coefficient (Wildman–Crippen LogP) is 4.15. The van der Waals surface area contributed by atoms with Crippen LogP contribution in [0, 0.1) is 6.92 Å². The van der Waals surface area contributed by atoms with Gasteiger partial charge in [0.1, 0.15) is 0 Å². The molecule has 0 aromatic heterocycles.